The maximum absolute atomic E-state index is 13.4. The molecule has 2 amide bonds. The minimum atomic E-state index is -3.79. The average Bonchev–Trinajstić information content (AvgIpc) is 3.17. The highest BCUT2D eigenvalue weighted by atomic mass is 32.2. The van der Waals surface area contributed by atoms with Crippen LogP contribution in [0.15, 0.2) is 82.6 Å². The Balaban J connectivity index is 1.45. The van der Waals surface area contributed by atoms with Gasteiger partial charge in [-0.15, -0.1) is 0 Å². The number of para-hydroxylation sites is 1. The molecule has 9 nitrogen and oxygen atoms in total. The van der Waals surface area contributed by atoms with Gasteiger partial charge in [0.25, 0.3) is 0 Å². The molecule has 0 saturated carbocycles. The lowest BCUT2D eigenvalue weighted by atomic mass is 10.2. The first-order valence-corrected chi connectivity index (χ1v) is 15.1. The van der Waals surface area contributed by atoms with Crippen LogP contribution < -0.4 is 10.6 Å². The lowest BCUT2D eigenvalue weighted by Crippen LogP contribution is -2.33. The minimum Gasteiger partial charge on any atom is -0.339 e. The average molecular weight is 573 g/mol. The Kier molecular flexibility index (Phi) is 8.09. The molecule has 0 radical (unpaired) electrons. The number of hydrogen-bond donors (Lipinski definition) is 2. The van der Waals surface area contributed by atoms with E-state index in [1.807, 2.05) is 16.7 Å². The molecule has 206 valence electrons. The number of aromatic nitrogens is 1. The van der Waals surface area contributed by atoms with Crippen LogP contribution >= 0.6 is 0 Å². The molecular weight excluding hydrogens is 543 g/mol. The number of sulfonamides is 1. The standard InChI is InChI=1S/C27H29FN4O5S2/c1-19-26(24-6-4-5-7-25(24)32(19)18-20-8-10-21(28)11-9-20)38(34,35)17-16-29-27(33)30-22-12-14-23(15-13-22)39(36,37)31(2)3/h4-15H,16-18H2,1-3H3,(H2,29,30,33). The van der Waals surface area contributed by atoms with Gasteiger partial charge in [0, 0.05) is 49.5 Å². The lowest BCUT2D eigenvalue weighted by molar-refractivity contribution is 0.252. The van der Waals surface area contributed by atoms with Gasteiger partial charge >= 0.3 is 6.03 Å². The summed E-state index contributed by atoms with van der Waals surface area (Å²) in [6, 6.07) is 18.3. The Labute approximate surface area is 227 Å². The third-order valence-electron chi connectivity index (χ3n) is 6.29. The van der Waals surface area contributed by atoms with Gasteiger partial charge in [0.05, 0.1) is 15.5 Å². The van der Waals surface area contributed by atoms with Gasteiger partial charge in [-0.2, -0.15) is 0 Å². The van der Waals surface area contributed by atoms with Crippen LogP contribution in [-0.4, -0.2) is 58.1 Å². The van der Waals surface area contributed by atoms with Gasteiger partial charge < -0.3 is 15.2 Å². The van der Waals surface area contributed by atoms with E-state index in [1.165, 1.54) is 50.5 Å². The van der Waals surface area contributed by atoms with Crippen molar-refractivity contribution in [2.45, 2.75) is 23.3 Å². The van der Waals surface area contributed by atoms with E-state index in [-0.39, 0.29) is 27.9 Å². The van der Waals surface area contributed by atoms with Crippen LogP contribution in [0.25, 0.3) is 10.9 Å². The summed E-state index contributed by atoms with van der Waals surface area (Å²) in [5.41, 5.74) is 2.48. The molecule has 0 bridgehead atoms. The number of nitrogens with one attached hydrogen (secondary N) is 2. The molecule has 39 heavy (non-hydrogen) atoms. The Bertz CT molecular complexity index is 1710. The molecular formula is C27H29FN4O5S2. The topological polar surface area (TPSA) is 118 Å². The van der Waals surface area contributed by atoms with Crippen LogP contribution in [0.5, 0.6) is 0 Å². The van der Waals surface area contributed by atoms with E-state index in [1.54, 1.807) is 31.2 Å². The number of anilines is 1. The second kappa shape index (κ2) is 11.2. The molecule has 2 N–H and O–H groups in total. The fourth-order valence-corrected chi connectivity index (χ4v) is 6.81. The van der Waals surface area contributed by atoms with E-state index in [4.69, 9.17) is 0 Å². The molecule has 1 heterocycles. The van der Waals surface area contributed by atoms with Crippen LogP contribution in [0.2, 0.25) is 0 Å². The number of urea groups is 1. The van der Waals surface area contributed by atoms with Crippen molar-refractivity contribution >= 4 is 42.5 Å². The number of hydrogen-bond acceptors (Lipinski definition) is 5. The zero-order valence-electron chi connectivity index (χ0n) is 21.7. The molecule has 3 aromatic carbocycles. The Morgan fingerprint density at radius 2 is 1.56 bits per heavy atom. The quantitative estimate of drug-likeness (QED) is 0.315. The fourth-order valence-electron chi connectivity index (χ4n) is 4.27. The zero-order valence-corrected chi connectivity index (χ0v) is 23.3. The van der Waals surface area contributed by atoms with Gasteiger partial charge in [0.15, 0.2) is 9.84 Å². The van der Waals surface area contributed by atoms with Crippen LogP contribution in [-0.2, 0) is 26.4 Å². The van der Waals surface area contributed by atoms with Crippen molar-refractivity contribution in [1.29, 1.82) is 0 Å². The van der Waals surface area contributed by atoms with Crippen LogP contribution in [0.4, 0.5) is 14.9 Å². The predicted octanol–water partition coefficient (Wildman–Crippen LogP) is 3.98. The third kappa shape index (κ3) is 6.13. The molecule has 1 aromatic heterocycles. The summed E-state index contributed by atoms with van der Waals surface area (Å²) < 4.78 is 67.5. The monoisotopic (exact) mass is 572 g/mol. The first kappa shape index (κ1) is 28.3. The summed E-state index contributed by atoms with van der Waals surface area (Å²) in [5, 5.41) is 5.69. The number of amides is 2. The second-order valence-electron chi connectivity index (χ2n) is 9.16. The summed E-state index contributed by atoms with van der Waals surface area (Å²) in [6.45, 7) is 1.96. The smallest absolute Gasteiger partial charge is 0.319 e. The molecule has 0 fully saturated rings. The molecule has 0 saturated heterocycles. The molecule has 0 spiro atoms. The SMILES string of the molecule is Cc1c(S(=O)(=O)CCNC(=O)Nc2ccc(S(=O)(=O)N(C)C)cc2)c2ccccc2n1Cc1ccc(F)cc1. The minimum absolute atomic E-state index is 0.0820. The summed E-state index contributed by atoms with van der Waals surface area (Å²) in [4.78, 5) is 12.6. The van der Waals surface area contributed by atoms with Crippen molar-refractivity contribution in [3.05, 3.63) is 89.9 Å². The fraction of sp³-hybridized carbons (Fsp3) is 0.222. The Hall–Kier alpha value is -3.74. The van der Waals surface area contributed by atoms with E-state index in [9.17, 15) is 26.0 Å². The first-order chi connectivity index (χ1) is 18.4. The number of carbonyl (C=O) groups is 1. The Morgan fingerprint density at radius 1 is 0.923 bits per heavy atom. The second-order valence-corrected chi connectivity index (χ2v) is 13.4. The van der Waals surface area contributed by atoms with Crippen molar-refractivity contribution < 1.29 is 26.0 Å². The molecule has 0 atom stereocenters. The van der Waals surface area contributed by atoms with E-state index < -0.39 is 25.9 Å². The normalized spacial score (nSPS) is 12.1. The summed E-state index contributed by atoms with van der Waals surface area (Å²) >= 11 is 0. The molecule has 0 aliphatic rings. The summed E-state index contributed by atoms with van der Waals surface area (Å²) in [7, 11) is -4.53. The van der Waals surface area contributed by atoms with Gasteiger partial charge in [-0.1, -0.05) is 30.3 Å². The molecule has 12 heteroatoms. The van der Waals surface area contributed by atoms with E-state index in [2.05, 4.69) is 10.6 Å². The van der Waals surface area contributed by atoms with Gasteiger partial charge in [-0.05, 0) is 55.0 Å². The lowest BCUT2D eigenvalue weighted by Gasteiger charge is -2.12. The number of sulfone groups is 1. The van der Waals surface area contributed by atoms with Gasteiger partial charge in [0.1, 0.15) is 5.82 Å². The van der Waals surface area contributed by atoms with Crippen LogP contribution in [0, 0.1) is 12.7 Å². The van der Waals surface area contributed by atoms with E-state index in [0.717, 1.165) is 15.4 Å². The highest BCUT2D eigenvalue weighted by Gasteiger charge is 2.25. The van der Waals surface area contributed by atoms with E-state index >= 15 is 0 Å². The molecule has 0 aliphatic heterocycles. The zero-order chi connectivity index (χ0) is 28.4. The Morgan fingerprint density at radius 3 is 2.21 bits per heavy atom. The number of benzene rings is 3. The largest absolute Gasteiger partial charge is 0.339 e. The summed E-state index contributed by atoms with van der Waals surface area (Å²) in [6.07, 6.45) is 0. The molecule has 4 aromatic rings. The number of nitrogens with zero attached hydrogens (tertiary/aromatic N) is 2. The van der Waals surface area contributed by atoms with Gasteiger partial charge in [-0.3, -0.25) is 0 Å². The third-order valence-corrected chi connectivity index (χ3v) is 9.99. The molecule has 4 rings (SSSR count). The molecule has 0 aliphatic carbocycles. The van der Waals surface area contributed by atoms with Crippen molar-refractivity contribution in [2.75, 3.05) is 31.7 Å². The van der Waals surface area contributed by atoms with Crippen molar-refractivity contribution in [3.63, 3.8) is 0 Å². The van der Waals surface area contributed by atoms with Crippen LogP contribution in [0.1, 0.15) is 11.3 Å². The number of halogens is 1. The summed E-state index contributed by atoms with van der Waals surface area (Å²) in [5.74, 6) is -0.673. The van der Waals surface area contributed by atoms with E-state index in [0.29, 0.717) is 23.3 Å². The predicted molar refractivity (Wildman–Crippen MR) is 149 cm³/mol. The number of fused-ring (bicyclic) bond motifs is 1. The first-order valence-electron chi connectivity index (χ1n) is 12.0. The maximum Gasteiger partial charge on any atom is 0.319 e. The number of rotatable bonds is 9. The van der Waals surface area contributed by atoms with Gasteiger partial charge in [-0.25, -0.2) is 30.3 Å². The van der Waals surface area contributed by atoms with Gasteiger partial charge in [0.2, 0.25) is 10.0 Å². The van der Waals surface area contributed by atoms with Crippen LogP contribution in [0.3, 0.4) is 0 Å². The maximum atomic E-state index is 13.4. The van der Waals surface area contributed by atoms with Crippen molar-refractivity contribution in [3.8, 4) is 0 Å². The molecule has 0 unspecified atom stereocenters. The number of carbonyl (C=O) groups excluding carboxylic acids is 1. The highest BCUT2D eigenvalue weighted by Crippen LogP contribution is 2.31. The van der Waals surface area contributed by atoms with Crippen molar-refractivity contribution in [1.82, 2.24) is 14.2 Å². The highest BCUT2D eigenvalue weighted by molar-refractivity contribution is 7.91. The van der Waals surface area contributed by atoms with Crippen molar-refractivity contribution in [2.24, 2.45) is 0 Å².